The Morgan fingerprint density at radius 3 is 2.92 bits per heavy atom. The van der Waals surface area contributed by atoms with E-state index in [0.29, 0.717) is 30.7 Å². The molecule has 2 rings (SSSR count). The van der Waals surface area contributed by atoms with Crippen LogP contribution in [0.3, 0.4) is 0 Å². The Balaban J connectivity index is 2.12. The lowest BCUT2D eigenvalue weighted by Gasteiger charge is -2.23. The Bertz CT molecular complexity index is 696. The highest BCUT2D eigenvalue weighted by Crippen LogP contribution is 2.38. The predicted octanol–water partition coefficient (Wildman–Crippen LogP) is 4.42. The molecule has 0 spiro atoms. The molecule has 0 saturated carbocycles. The van der Waals surface area contributed by atoms with Crippen molar-refractivity contribution < 1.29 is 18.7 Å². The third-order valence-corrected chi connectivity index (χ3v) is 3.70. The van der Waals surface area contributed by atoms with Gasteiger partial charge in [0.05, 0.1) is 0 Å². The zero-order valence-electron chi connectivity index (χ0n) is 14.9. The van der Waals surface area contributed by atoms with Crippen molar-refractivity contribution in [2.75, 3.05) is 6.54 Å². The maximum absolute atomic E-state index is 13.9. The van der Waals surface area contributed by atoms with Crippen LogP contribution in [0.2, 0.25) is 0 Å². The first-order chi connectivity index (χ1) is 11.7. The lowest BCUT2D eigenvalue weighted by Crippen LogP contribution is -2.41. The van der Waals surface area contributed by atoms with E-state index in [4.69, 9.17) is 15.0 Å². The molecular formula is C17H23FN4O3. The molecule has 0 saturated heterocycles. The van der Waals surface area contributed by atoms with Gasteiger partial charge in [0.2, 0.25) is 0 Å². The van der Waals surface area contributed by atoms with Crippen LogP contribution in [0.4, 0.5) is 9.18 Å². The summed E-state index contributed by atoms with van der Waals surface area (Å²) >= 11 is 0. The number of hydrogen-bond acceptors (Lipinski definition) is 4. The topological polar surface area (TPSA) is 96.3 Å². The highest BCUT2D eigenvalue weighted by atomic mass is 19.1. The number of halogens is 1. The van der Waals surface area contributed by atoms with Crippen LogP contribution in [0, 0.1) is 5.82 Å². The molecule has 1 amide bonds. The van der Waals surface area contributed by atoms with Crippen molar-refractivity contribution in [3.63, 3.8) is 0 Å². The van der Waals surface area contributed by atoms with Crippen molar-refractivity contribution in [2.24, 2.45) is 5.11 Å². The molecule has 136 valence electrons. The summed E-state index contributed by atoms with van der Waals surface area (Å²) in [6.45, 7) is 7.52. The van der Waals surface area contributed by atoms with E-state index in [-0.39, 0.29) is 6.10 Å². The second kappa shape index (κ2) is 7.61. The van der Waals surface area contributed by atoms with E-state index in [1.54, 1.807) is 6.92 Å². The minimum atomic E-state index is -0.664. The fourth-order valence-corrected chi connectivity index (χ4v) is 2.69. The smallest absolute Gasteiger partial charge is 0.408 e. The normalized spacial score (nSPS) is 17.1. The Kier molecular flexibility index (Phi) is 5.74. The summed E-state index contributed by atoms with van der Waals surface area (Å²) < 4.78 is 25.2. The summed E-state index contributed by atoms with van der Waals surface area (Å²) in [6.07, 6.45) is -0.350. The lowest BCUT2D eigenvalue weighted by molar-refractivity contribution is 0.0975. The van der Waals surface area contributed by atoms with Crippen molar-refractivity contribution in [1.82, 2.24) is 5.32 Å². The summed E-state index contributed by atoms with van der Waals surface area (Å²) in [5.74, 6) is 0.142. The molecule has 1 aromatic rings. The molecular weight excluding hydrogens is 327 g/mol. The quantitative estimate of drug-likeness (QED) is 0.484. The summed E-state index contributed by atoms with van der Waals surface area (Å²) in [5, 5.41) is 6.20. The molecule has 7 nitrogen and oxygen atoms in total. The number of carbonyl (C=O) groups is 1. The average molecular weight is 350 g/mol. The van der Waals surface area contributed by atoms with Crippen molar-refractivity contribution in [2.45, 2.75) is 58.3 Å². The van der Waals surface area contributed by atoms with Gasteiger partial charge in [-0.2, -0.15) is 0 Å². The minimum absolute atomic E-state index is 0.184. The highest BCUT2D eigenvalue weighted by Gasteiger charge is 2.29. The van der Waals surface area contributed by atoms with Crippen molar-refractivity contribution in [3.8, 4) is 5.75 Å². The third-order valence-electron chi connectivity index (χ3n) is 3.70. The van der Waals surface area contributed by atoms with Crippen molar-refractivity contribution in [3.05, 3.63) is 39.5 Å². The van der Waals surface area contributed by atoms with E-state index in [1.165, 1.54) is 12.1 Å². The van der Waals surface area contributed by atoms with E-state index >= 15 is 0 Å². The Morgan fingerprint density at radius 2 is 2.28 bits per heavy atom. The van der Waals surface area contributed by atoms with E-state index in [1.807, 2.05) is 20.8 Å². The van der Waals surface area contributed by atoms with Gasteiger partial charge in [-0.05, 0) is 51.8 Å². The van der Waals surface area contributed by atoms with Gasteiger partial charge in [0.1, 0.15) is 23.8 Å². The number of alkyl carbamates (subject to hydrolysis) is 1. The van der Waals surface area contributed by atoms with Gasteiger partial charge < -0.3 is 14.8 Å². The standard InChI is InChI=1S/C17H23FN4O3/c1-10(24-16(23)21-17(2,3)4)14-9-12(18)7-11-8-13(25-15(11)14)5-6-20-22-19/h7,9-10,13H,5-6,8H2,1-4H3,(H,21,23)/t10-,13?/m1/s1. The maximum atomic E-state index is 13.9. The molecule has 25 heavy (non-hydrogen) atoms. The van der Waals surface area contributed by atoms with Crippen LogP contribution in [0.15, 0.2) is 17.2 Å². The number of hydrogen-bond donors (Lipinski definition) is 1. The number of rotatable bonds is 5. The number of carbonyl (C=O) groups excluding carboxylic acids is 1. The summed E-state index contributed by atoms with van der Waals surface area (Å²) in [6, 6.07) is 2.75. The lowest BCUT2D eigenvalue weighted by atomic mass is 10.0. The van der Waals surface area contributed by atoms with Gasteiger partial charge in [-0.25, -0.2) is 9.18 Å². The molecule has 1 N–H and O–H groups in total. The molecule has 0 radical (unpaired) electrons. The number of amides is 1. The van der Waals surface area contributed by atoms with Gasteiger partial charge in [-0.1, -0.05) is 5.11 Å². The van der Waals surface area contributed by atoms with Crippen LogP contribution in [0.5, 0.6) is 5.75 Å². The number of nitrogens with one attached hydrogen (secondary N) is 1. The van der Waals surface area contributed by atoms with Crippen LogP contribution in [0.25, 0.3) is 10.4 Å². The fourth-order valence-electron chi connectivity index (χ4n) is 2.69. The van der Waals surface area contributed by atoms with Gasteiger partial charge in [0.15, 0.2) is 0 Å². The Morgan fingerprint density at radius 1 is 1.56 bits per heavy atom. The number of fused-ring (bicyclic) bond motifs is 1. The van der Waals surface area contributed by atoms with Gasteiger partial charge in [-0.15, -0.1) is 0 Å². The largest absolute Gasteiger partial charge is 0.489 e. The zero-order chi connectivity index (χ0) is 18.6. The molecule has 2 atom stereocenters. The van der Waals surface area contributed by atoms with Crippen molar-refractivity contribution in [1.29, 1.82) is 0 Å². The monoisotopic (exact) mass is 350 g/mol. The van der Waals surface area contributed by atoms with Gasteiger partial charge >= 0.3 is 6.09 Å². The van der Waals surface area contributed by atoms with E-state index < -0.39 is 23.6 Å². The SMILES string of the molecule is C[C@@H](OC(=O)NC(C)(C)C)c1cc(F)cc2c1OC(CCN=[N+]=[N-])C2. The van der Waals surface area contributed by atoms with E-state index in [2.05, 4.69) is 15.3 Å². The Labute approximate surface area is 146 Å². The van der Waals surface area contributed by atoms with Crippen LogP contribution < -0.4 is 10.1 Å². The molecule has 1 aliphatic rings. The predicted molar refractivity (Wildman–Crippen MR) is 90.9 cm³/mol. The first kappa shape index (κ1) is 18.9. The van der Waals surface area contributed by atoms with E-state index in [9.17, 15) is 9.18 Å². The van der Waals surface area contributed by atoms with Crippen molar-refractivity contribution >= 4 is 6.09 Å². The average Bonchev–Trinajstić information content (AvgIpc) is 2.86. The van der Waals surface area contributed by atoms with E-state index in [0.717, 1.165) is 5.56 Å². The van der Waals surface area contributed by atoms with Gasteiger partial charge in [0.25, 0.3) is 0 Å². The summed E-state index contributed by atoms with van der Waals surface area (Å²) in [7, 11) is 0. The third kappa shape index (κ3) is 5.26. The summed E-state index contributed by atoms with van der Waals surface area (Å²) in [5.41, 5.74) is 9.14. The van der Waals surface area contributed by atoms with Gasteiger partial charge in [-0.3, -0.25) is 0 Å². The van der Waals surface area contributed by atoms with Crippen LogP contribution in [0.1, 0.15) is 51.3 Å². The second-order valence-electron chi connectivity index (χ2n) is 7.09. The minimum Gasteiger partial charge on any atom is -0.489 e. The van der Waals surface area contributed by atoms with Gasteiger partial charge in [0, 0.05) is 34.5 Å². The molecule has 8 heteroatoms. The summed E-state index contributed by atoms with van der Waals surface area (Å²) in [4.78, 5) is 14.7. The molecule has 1 unspecified atom stereocenters. The highest BCUT2D eigenvalue weighted by molar-refractivity contribution is 5.68. The van der Waals surface area contributed by atoms with Crippen LogP contribution in [-0.4, -0.2) is 24.3 Å². The molecule has 0 aliphatic carbocycles. The number of benzene rings is 1. The molecule has 0 aromatic heterocycles. The second-order valence-corrected chi connectivity index (χ2v) is 7.09. The first-order valence-corrected chi connectivity index (χ1v) is 8.18. The Hall–Kier alpha value is -2.47. The number of ether oxygens (including phenoxy) is 2. The molecule has 1 aliphatic heterocycles. The van der Waals surface area contributed by atoms with Crippen LogP contribution >= 0.6 is 0 Å². The molecule has 0 bridgehead atoms. The number of azide groups is 1. The molecule has 1 heterocycles. The first-order valence-electron chi connectivity index (χ1n) is 8.18. The fraction of sp³-hybridized carbons (Fsp3) is 0.588. The molecule has 1 aromatic carbocycles. The zero-order valence-corrected chi connectivity index (χ0v) is 14.9. The van der Waals surface area contributed by atoms with Crippen LogP contribution in [-0.2, 0) is 11.2 Å². The molecule has 0 fully saturated rings. The number of nitrogens with zero attached hydrogens (tertiary/aromatic N) is 3. The maximum Gasteiger partial charge on any atom is 0.408 e.